The van der Waals surface area contributed by atoms with Gasteiger partial charge in [0.05, 0.1) is 5.02 Å². The molecular weight excluding hydrogens is 246 g/mol. The van der Waals surface area contributed by atoms with Gasteiger partial charge in [-0.15, -0.1) is 0 Å². The molecule has 0 amide bonds. The van der Waals surface area contributed by atoms with E-state index < -0.39 is 11.6 Å². The molecule has 86 valence electrons. The van der Waals surface area contributed by atoms with E-state index in [1.807, 2.05) is 0 Å². The van der Waals surface area contributed by atoms with Crippen LogP contribution in [0, 0.1) is 11.6 Å². The number of carbonyl (C=O) groups excluding carboxylic acids is 1. The van der Waals surface area contributed by atoms with Crippen LogP contribution in [-0.2, 0) is 0 Å². The number of hydrogen-bond donors (Lipinski definition) is 0. The highest BCUT2D eigenvalue weighted by Crippen LogP contribution is 2.27. The number of rotatable bonds is 2. The van der Waals surface area contributed by atoms with Crippen LogP contribution in [0.25, 0.3) is 11.1 Å². The predicted octanol–water partition coefficient (Wildman–Crippen LogP) is 4.10. The first-order chi connectivity index (χ1) is 8.11. The van der Waals surface area contributed by atoms with Crippen LogP contribution in [0.1, 0.15) is 10.4 Å². The van der Waals surface area contributed by atoms with Crippen molar-refractivity contribution in [2.24, 2.45) is 0 Å². The molecule has 0 aliphatic heterocycles. The van der Waals surface area contributed by atoms with E-state index in [1.165, 1.54) is 30.3 Å². The largest absolute Gasteiger partial charge is 0.298 e. The zero-order valence-electron chi connectivity index (χ0n) is 8.58. The van der Waals surface area contributed by atoms with Crippen molar-refractivity contribution >= 4 is 17.9 Å². The first kappa shape index (κ1) is 11.7. The summed E-state index contributed by atoms with van der Waals surface area (Å²) in [6.45, 7) is 0. The molecule has 0 heterocycles. The number of aldehydes is 1. The first-order valence-electron chi connectivity index (χ1n) is 4.82. The quantitative estimate of drug-likeness (QED) is 0.736. The molecular formula is C13H7ClF2O. The van der Waals surface area contributed by atoms with E-state index >= 15 is 0 Å². The van der Waals surface area contributed by atoms with Crippen LogP contribution >= 0.6 is 11.6 Å². The second-order valence-electron chi connectivity index (χ2n) is 3.49. The van der Waals surface area contributed by atoms with Gasteiger partial charge in [0, 0.05) is 11.1 Å². The van der Waals surface area contributed by atoms with Gasteiger partial charge in [0.15, 0.2) is 0 Å². The molecule has 0 bridgehead atoms. The smallest absolute Gasteiger partial charge is 0.150 e. The lowest BCUT2D eigenvalue weighted by Crippen LogP contribution is -1.88. The van der Waals surface area contributed by atoms with E-state index in [9.17, 15) is 13.6 Å². The molecule has 17 heavy (non-hydrogen) atoms. The van der Waals surface area contributed by atoms with Crippen molar-refractivity contribution < 1.29 is 13.6 Å². The van der Waals surface area contributed by atoms with Crippen molar-refractivity contribution in [3.8, 4) is 11.1 Å². The highest BCUT2D eigenvalue weighted by atomic mass is 35.5. The molecule has 0 atom stereocenters. The molecule has 0 saturated carbocycles. The average Bonchev–Trinajstić information content (AvgIpc) is 2.32. The predicted molar refractivity (Wildman–Crippen MR) is 62.2 cm³/mol. The Bertz CT molecular complexity index is 582. The van der Waals surface area contributed by atoms with Crippen molar-refractivity contribution in [3.63, 3.8) is 0 Å². The minimum absolute atomic E-state index is 0.0682. The van der Waals surface area contributed by atoms with Gasteiger partial charge in [-0.05, 0) is 23.8 Å². The molecule has 2 rings (SSSR count). The third kappa shape index (κ3) is 2.34. The molecule has 0 aliphatic rings. The molecule has 0 radical (unpaired) electrons. The summed E-state index contributed by atoms with van der Waals surface area (Å²) in [4.78, 5) is 10.5. The van der Waals surface area contributed by atoms with Crippen LogP contribution in [0.2, 0.25) is 5.02 Å². The summed E-state index contributed by atoms with van der Waals surface area (Å²) in [6, 6.07) is 8.02. The Labute approximate surface area is 102 Å². The first-order valence-corrected chi connectivity index (χ1v) is 5.20. The zero-order chi connectivity index (χ0) is 12.4. The standard InChI is InChI=1S/C13H7ClF2O/c14-11-6-9(2-4-12(11)15)10-3-1-8(7-17)5-13(10)16/h1-7H. The van der Waals surface area contributed by atoms with Gasteiger partial charge in [0.2, 0.25) is 0 Å². The lowest BCUT2D eigenvalue weighted by molar-refractivity contribution is 0.112. The topological polar surface area (TPSA) is 17.1 Å². The Kier molecular flexibility index (Phi) is 3.20. The van der Waals surface area contributed by atoms with E-state index in [4.69, 9.17) is 11.6 Å². The third-order valence-electron chi connectivity index (χ3n) is 2.36. The van der Waals surface area contributed by atoms with Gasteiger partial charge >= 0.3 is 0 Å². The van der Waals surface area contributed by atoms with Crippen molar-refractivity contribution in [1.29, 1.82) is 0 Å². The van der Waals surface area contributed by atoms with Gasteiger partial charge in [0.1, 0.15) is 17.9 Å². The summed E-state index contributed by atoms with van der Waals surface area (Å²) < 4.78 is 26.6. The Morgan fingerprint density at radius 1 is 1.00 bits per heavy atom. The minimum Gasteiger partial charge on any atom is -0.298 e. The fraction of sp³-hybridized carbons (Fsp3) is 0. The number of halogens is 3. The number of benzene rings is 2. The Morgan fingerprint density at radius 3 is 2.35 bits per heavy atom. The molecule has 1 nitrogen and oxygen atoms in total. The van der Waals surface area contributed by atoms with E-state index in [1.54, 1.807) is 0 Å². The molecule has 2 aromatic rings. The van der Waals surface area contributed by atoms with Gasteiger partial charge in [-0.2, -0.15) is 0 Å². The molecule has 0 aromatic heterocycles. The SMILES string of the molecule is O=Cc1ccc(-c2ccc(F)c(Cl)c2)c(F)c1. The fourth-order valence-electron chi connectivity index (χ4n) is 1.50. The fourth-order valence-corrected chi connectivity index (χ4v) is 1.68. The van der Waals surface area contributed by atoms with Gasteiger partial charge in [-0.1, -0.05) is 29.8 Å². The maximum Gasteiger partial charge on any atom is 0.150 e. The van der Waals surface area contributed by atoms with E-state index in [0.29, 0.717) is 11.8 Å². The Morgan fingerprint density at radius 2 is 1.76 bits per heavy atom. The lowest BCUT2D eigenvalue weighted by Gasteiger charge is -2.05. The summed E-state index contributed by atoms with van der Waals surface area (Å²) in [7, 11) is 0. The summed E-state index contributed by atoms with van der Waals surface area (Å²) in [5.41, 5.74) is 0.989. The molecule has 0 fully saturated rings. The maximum atomic E-state index is 13.7. The molecule has 4 heteroatoms. The zero-order valence-corrected chi connectivity index (χ0v) is 9.34. The van der Waals surface area contributed by atoms with Crippen molar-refractivity contribution in [3.05, 3.63) is 58.6 Å². The average molecular weight is 253 g/mol. The Hall–Kier alpha value is -1.74. The van der Waals surface area contributed by atoms with Gasteiger partial charge in [-0.3, -0.25) is 4.79 Å². The van der Waals surface area contributed by atoms with Crippen LogP contribution in [0.3, 0.4) is 0 Å². The van der Waals surface area contributed by atoms with Crippen LogP contribution in [0.4, 0.5) is 8.78 Å². The normalized spacial score (nSPS) is 10.3. The van der Waals surface area contributed by atoms with Crippen LogP contribution in [-0.4, -0.2) is 6.29 Å². The lowest BCUT2D eigenvalue weighted by atomic mass is 10.0. The highest BCUT2D eigenvalue weighted by Gasteiger charge is 2.08. The summed E-state index contributed by atoms with van der Waals surface area (Å²) >= 11 is 5.62. The molecule has 0 N–H and O–H groups in total. The maximum absolute atomic E-state index is 13.7. The summed E-state index contributed by atoms with van der Waals surface area (Å²) in [6.07, 6.45) is 0.560. The van der Waals surface area contributed by atoms with Crippen LogP contribution in [0.5, 0.6) is 0 Å². The highest BCUT2D eigenvalue weighted by molar-refractivity contribution is 6.31. The van der Waals surface area contributed by atoms with Gasteiger partial charge in [0.25, 0.3) is 0 Å². The molecule has 0 unspecified atom stereocenters. The molecule has 0 aliphatic carbocycles. The number of carbonyl (C=O) groups is 1. The molecule has 0 saturated heterocycles. The molecule has 0 spiro atoms. The van der Waals surface area contributed by atoms with E-state index in [-0.39, 0.29) is 16.1 Å². The second kappa shape index (κ2) is 4.63. The molecule has 2 aromatic carbocycles. The third-order valence-corrected chi connectivity index (χ3v) is 2.65. The van der Waals surface area contributed by atoms with Crippen LogP contribution < -0.4 is 0 Å². The monoisotopic (exact) mass is 252 g/mol. The minimum atomic E-state index is -0.555. The number of hydrogen-bond acceptors (Lipinski definition) is 1. The van der Waals surface area contributed by atoms with Gasteiger partial charge in [-0.25, -0.2) is 8.78 Å². The summed E-state index contributed by atoms with van der Waals surface area (Å²) in [5.74, 6) is -1.10. The van der Waals surface area contributed by atoms with E-state index in [2.05, 4.69) is 0 Å². The van der Waals surface area contributed by atoms with Crippen molar-refractivity contribution in [2.75, 3.05) is 0 Å². The van der Waals surface area contributed by atoms with Gasteiger partial charge < -0.3 is 0 Å². The van der Waals surface area contributed by atoms with E-state index in [0.717, 1.165) is 6.07 Å². The van der Waals surface area contributed by atoms with Crippen LogP contribution in [0.15, 0.2) is 36.4 Å². The van der Waals surface area contributed by atoms with Crippen molar-refractivity contribution in [2.45, 2.75) is 0 Å². The Balaban J connectivity index is 2.52. The summed E-state index contributed by atoms with van der Waals surface area (Å²) in [5, 5.41) is -0.0682. The van der Waals surface area contributed by atoms with Crippen molar-refractivity contribution in [1.82, 2.24) is 0 Å². The second-order valence-corrected chi connectivity index (χ2v) is 3.89.